The molecule has 2 saturated carbocycles. The van der Waals surface area contributed by atoms with Crippen LogP contribution >= 0.6 is 22.6 Å². The van der Waals surface area contributed by atoms with E-state index in [1.54, 1.807) is 0 Å². The van der Waals surface area contributed by atoms with Crippen molar-refractivity contribution in [2.45, 2.75) is 62.2 Å². The molecule has 0 amide bonds. The van der Waals surface area contributed by atoms with Gasteiger partial charge in [0, 0.05) is 3.92 Å². The van der Waals surface area contributed by atoms with Gasteiger partial charge in [0.2, 0.25) is 0 Å². The zero-order valence-corrected chi connectivity index (χ0v) is 12.7. The molecule has 0 aromatic heterocycles. The van der Waals surface area contributed by atoms with Gasteiger partial charge in [-0.25, -0.2) is 0 Å². The number of rotatable bonds is 2. The van der Waals surface area contributed by atoms with Crippen LogP contribution in [0.4, 0.5) is 0 Å². The van der Waals surface area contributed by atoms with E-state index in [0.717, 1.165) is 21.7 Å². The molecule has 2 aliphatic carbocycles. The molecule has 0 heterocycles. The van der Waals surface area contributed by atoms with Crippen molar-refractivity contribution < 1.29 is 0 Å². The van der Waals surface area contributed by atoms with E-state index >= 15 is 0 Å². The summed E-state index contributed by atoms with van der Waals surface area (Å²) in [7, 11) is 0. The first-order valence-electron chi connectivity index (χ1n) is 7.06. The lowest BCUT2D eigenvalue weighted by atomic mass is 9.71. The molecule has 0 spiro atoms. The second-order valence-corrected chi connectivity index (χ2v) is 7.47. The van der Waals surface area contributed by atoms with E-state index in [1.165, 1.54) is 51.4 Å². The molecule has 0 radical (unpaired) electrons. The first kappa shape index (κ1) is 12.9. The fourth-order valence-corrected chi connectivity index (χ4v) is 4.35. The minimum Gasteiger partial charge on any atom is -0.0914 e. The Kier molecular flexibility index (Phi) is 5.18. The lowest BCUT2D eigenvalue weighted by Crippen LogP contribution is -2.25. The van der Waals surface area contributed by atoms with E-state index < -0.39 is 0 Å². The van der Waals surface area contributed by atoms with Gasteiger partial charge in [0.15, 0.2) is 0 Å². The Morgan fingerprint density at radius 1 is 0.812 bits per heavy atom. The molecule has 0 aromatic rings. The van der Waals surface area contributed by atoms with Crippen LogP contribution in [0.25, 0.3) is 0 Å². The SMILES string of the molecule is CC=CC1CCC(C2CCC(I)CC2)CC1. The van der Waals surface area contributed by atoms with Crippen molar-refractivity contribution in [2.75, 3.05) is 0 Å². The molecule has 0 aliphatic heterocycles. The zero-order chi connectivity index (χ0) is 11.4. The fraction of sp³-hybridized carbons (Fsp3) is 0.867. The second kappa shape index (κ2) is 6.42. The molecule has 0 saturated heterocycles. The topological polar surface area (TPSA) is 0 Å². The van der Waals surface area contributed by atoms with Gasteiger partial charge in [-0.3, -0.25) is 0 Å². The summed E-state index contributed by atoms with van der Waals surface area (Å²) in [5.41, 5.74) is 0. The maximum Gasteiger partial charge on any atom is 0.0110 e. The van der Waals surface area contributed by atoms with Crippen LogP contribution < -0.4 is 0 Å². The van der Waals surface area contributed by atoms with Crippen LogP contribution in [0.2, 0.25) is 0 Å². The summed E-state index contributed by atoms with van der Waals surface area (Å²) < 4.78 is 0.980. The van der Waals surface area contributed by atoms with Crippen molar-refractivity contribution >= 4 is 22.6 Å². The lowest BCUT2D eigenvalue weighted by molar-refractivity contribution is 0.183. The van der Waals surface area contributed by atoms with E-state index in [9.17, 15) is 0 Å². The highest BCUT2D eigenvalue weighted by Gasteiger charge is 2.29. The standard InChI is InChI=1S/C15H25I/c1-2-3-12-4-6-13(7-5-12)14-8-10-15(16)11-9-14/h2-3,12-15H,4-11H2,1H3. The van der Waals surface area contributed by atoms with Gasteiger partial charge in [-0.05, 0) is 76.0 Å². The van der Waals surface area contributed by atoms with Gasteiger partial charge >= 0.3 is 0 Å². The van der Waals surface area contributed by atoms with Crippen molar-refractivity contribution in [3.05, 3.63) is 12.2 Å². The van der Waals surface area contributed by atoms with Crippen LogP contribution in [-0.4, -0.2) is 3.92 Å². The number of halogens is 1. The van der Waals surface area contributed by atoms with Gasteiger partial charge in [-0.15, -0.1) is 0 Å². The van der Waals surface area contributed by atoms with Crippen molar-refractivity contribution in [3.63, 3.8) is 0 Å². The van der Waals surface area contributed by atoms with Crippen LogP contribution in [0.1, 0.15) is 58.3 Å². The number of hydrogen-bond donors (Lipinski definition) is 0. The third kappa shape index (κ3) is 3.48. The van der Waals surface area contributed by atoms with Gasteiger partial charge in [0.1, 0.15) is 0 Å². The quantitative estimate of drug-likeness (QED) is 0.363. The number of hydrogen-bond acceptors (Lipinski definition) is 0. The van der Waals surface area contributed by atoms with Crippen molar-refractivity contribution in [2.24, 2.45) is 17.8 Å². The molecule has 0 aromatic carbocycles. The maximum absolute atomic E-state index is 2.64. The predicted octanol–water partition coefficient (Wildman–Crippen LogP) is 5.36. The first-order chi connectivity index (χ1) is 7.79. The van der Waals surface area contributed by atoms with Crippen LogP contribution in [0.15, 0.2) is 12.2 Å². The Morgan fingerprint density at radius 3 is 1.81 bits per heavy atom. The van der Waals surface area contributed by atoms with Gasteiger partial charge < -0.3 is 0 Å². The summed E-state index contributed by atoms with van der Waals surface area (Å²) >= 11 is 2.64. The Labute approximate surface area is 114 Å². The van der Waals surface area contributed by atoms with E-state index in [-0.39, 0.29) is 0 Å². The van der Waals surface area contributed by atoms with E-state index in [0.29, 0.717) is 0 Å². The van der Waals surface area contributed by atoms with Crippen LogP contribution in [-0.2, 0) is 0 Å². The summed E-state index contributed by atoms with van der Waals surface area (Å²) in [6.07, 6.45) is 16.6. The normalized spacial score (nSPS) is 41.4. The molecule has 0 unspecified atom stereocenters. The summed E-state index contributed by atoms with van der Waals surface area (Å²) in [6.45, 7) is 2.16. The third-order valence-corrected chi connectivity index (χ3v) is 5.89. The van der Waals surface area contributed by atoms with Crippen molar-refractivity contribution in [3.8, 4) is 0 Å². The van der Waals surface area contributed by atoms with E-state index in [2.05, 4.69) is 41.7 Å². The highest BCUT2D eigenvalue weighted by atomic mass is 127. The molecular formula is C15H25I. The average molecular weight is 332 g/mol. The van der Waals surface area contributed by atoms with Crippen molar-refractivity contribution in [1.29, 1.82) is 0 Å². The minimum absolute atomic E-state index is 0.905. The van der Waals surface area contributed by atoms with Gasteiger partial charge in [-0.2, -0.15) is 0 Å². The molecule has 0 N–H and O–H groups in total. The zero-order valence-electron chi connectivity index (χ0n) is 10.5. The van der Waals surface area contributed by atoms with Crippen LogP contribution in [0, 0.1) is 17.8 Å². The monoisotopic (exact) mass is 332 g/mol. The summed E-state index contributed by atoms with van der Waals surface area (Å²) in [6, 6.07) is 0. The Balaban J connectivity index is 1.76. The molecular weight excluding hydrogens is 307 g/mol. The molecule has 0 nitrogen and oxygen atoms in total. The number of alkyl halides is 1. The Morgan fingerprint density at radius 2 is 1.31 bits per heavy atom. The highest BCUT2D eigenvalue weighted by molar-refractivity contribution is 14.1. The third-order valence-electron chi connectivity index (χ3n) is 4.65. The van der Waals surface area contributed by atoms with Gasteiger partial charge in [-0.1, -0.05) is 34.7 Å². The van der Waals surface area contributed by atoms with Crippen LogP contribution in [0.3, 0.4) is 0 Å². The van der Waals surface area contributed by atoms with Gasteiger partial charge in [0.05, 0.1) is 0 Å². The smallest absolute Gasteiger partial charge is 0.0110 e. The van der Waals surface area contributed by atoms with E-state index in [4.69, 9.17) is 0 Å². The Hall–Kier alpha value is 0.470. The predicted molar refractivity (Wildman–Crippen MR) is 80.0 cm³/mol. The van der Waals surface area contributed by atoms with Crippen LogP contribution in [0.5, 0.6) is 0 Å². The maximum atomic E-state index is 2.64. The van der Waals surface area contributed by atoms with Gasteiger partial charge in [0.25, 0.3) is 0 Å². The summed E-state index contributed by atoms with van der Waals surface area (Å²) in [5, 5.41) is 0. The first-order valence-corrected chi connectivity index (χ1v) is 8.31. The fourth-order valence-electron chi connectivity index (χ4n) is 3.63. The average Bonchev–Trinajstić information content (AvgIpc) is 2.32. The molecule has 1 heteroatoms. The molecule has 2 aliphatic rings. The molecule has 92 valence electrons. The molecule has 2 rings (SSSR count). The summed E-state index contributed by atoms with van der Waals surface area (Å²) in [5.74, 6) is 3.06. The Bertz CT molecular complexity index is 218. The largest absolute Gasteiger partial charge is 0.0914 e. The molecule has 2 fully saturated rings. The highest BCUT2D eigenvalue weighted by Crippen LogP contribution is 2.41. The molecule has 0 bridgehead atoms. The minimum atomic E-state index is 0.905. The lowest BCUT2D eigenvalue weighted by Gasteiger charge is -2.36. The van der Waals surface area contributed by atoms with E-state index in [1.807, 2.05) is 0 Å². The summed E-state index contributed by atoms with van der Waals surface area (Å²) in [4.78, 5) is 0. The number of allylic oxidation sites excluding steroid dienone is 2. The molecule has 16 heavy (non-hydrogen) atoms. The molecule has 0 atom stereocenters. The van der Waals surface area contributed by atoms with Crippen molar-refractivity contribution in [1.82, 2.24) is 0 Å². The second-order valence-electron chi connectivity index (χ2n) is 5.71.